The van der Waals surface area contributed by atoms with E-state index in [1.54, 1.807) is 36.4 Å². The highest BCUT2D eigenvalue weighted by Gasteiger charge is 2.22. The number of nitrogens with zero attached hydrogens (tertiary/aromatic N) is 1. The molecular weight excluding hydrogens is 470 g/mol. The number of benzene rings is 2. The molecule has 0 aliphatic carbocycles. The minimum atomic E-state index is -1.15. The number of aliphatic carboxylic acids is 1. The van der Waals surface area contributed by atoms with Crippen LogP contribution in [0.3, 0.4) is 0 Å². The summed E-state index contributed by atoms with van der Waals surface area (Å²) in [5.41, 5.74) is 17.0. The fourth-order valence-electron chi connectivity index (χ4n) is 2.95. The Kier molecular flexibility index (Phi) is 10.7. The van der Waals surface area contributed by atoms with E-state index in [9.17, 15) is 19.2 Å². The van der Waals surface area contributed by atoms with Crippen molar-refractivity contribution in [2.24, 2.45) is 22.2 Å². The van der Waals surface area contributed by atoms with E-state index in [1.165, 1.54) is 12.1 Å². The van der Waals surface area contributed by atoms with Crippen LogP contribution >= 0.6 is 0 Å². The molecule has 3 amide bonds. The van der Waals surface area contributed by atoms with E-state index < -0.39 is 36.3 Å². The summed E-state index contributed by atoms with van der Waals surface area (Å²) in [5, 5.41) is 16.5. The summed E-state index contributed by atoms with van der Waals surface area (Å²) in [6.07, 6.45) is -0.507. The number of carboxylic acids is 1. The van der Waals surface area contributed by atoms with Gasteiger partial charge in [0.25, 0.3) is 5.91 Å². The van der Waals surface area contributed by atoms with Gasteiger partial charge in [0.1, 0.15) is 18.4 Å². The third-order valence-electron chi connectivity index (χ3n) is 4.58. The number of carbonyl (C=O) groups is 4. The van der Waals surface area contributed by atoms with Crippen molar-refractivity contribution in [2.45, 2.75) is 18.9 Å². The van der Waals surface area contributed by atoms with Crippen molar-refractivity contribution >= 4 is 41.0 Å². The van der Waals surface area contributed by atoms with Gasteiger partial charge in [0, 0.05) is 24.2 Å². The minimum Gasteiger partial charge on any atom is -0.492 e. The molecule has 192 valence electrons. The number of amides is 3. The molecule has 0 radical (unpaired) electrons. The molecule has 13 heteroatoms. The van der Waals surface area contributed by atoms with Crippen molar-refractivity contribution in [1.82, 2.24) is 10.6 Å². The SMILES string of the molecule is NCCOc1ccc(NC(=O)[C@H](CCC(=O)O)NC(=O)CNC(=O)c2cccc(N=C(N)N)c2)cc1. The number of carbonyl (C=O) groups excluding carboxylic acids is 3. The molecule has 2 aromatic rings. The van der Waals surface area contributed by atoms with Crippen LogP contribution in [0.1, 0.15) is 23.2 Å². The smallest absolute Gasteiger partial charge is 0.303 e. The lowest BCUT2D eigenvalue weighted by molar-refractivity contribution is -0.137. The zero-order valence-electron chi connectivity index (χ0n) is 19.4. The first-order valence-electron chi connectivity index (χ1n) is 10.9. The number of rotatable bonds is 13. The lowest BCUT2D eigenvalue weighted by atomic mass is 10.1. The van der Waals surface area contributed by atoms with Crippen molar-refractivity contribution in [3.63, 3.8) is 0 Å². The van der Waals surface area contributed by atoms with E-state index in [0.717, 1.165) is 0 Å². The van der Waals surface area contributed by atoms with Gasteiger partial charge in [-0.25, -0.2) is 4.99 Å². The monoisotopic (exact) mass is 499 g/mol. The number of hydrogen-bond donors (Lipinski definition) is 7. The summed E-state index contributed by atoms with van der Waals surface area (Å²) in [7, 11) is 0. The predicted octanol–water partition coefficient (Wildman–Crippen LogP) is -0.353. The van der Waals surface area contributed by atoms with Crippen LogP contribution in [0.4, 0.5) is 11.4 Å². The number of nitrogens with one attached hydrogen (secondary N) is 3. The van der Waals surface area contributed by atoms with E-state index in [0.29, 0.717) is 30.3 Å². The van der Waals surface area contributed by atoms with Gasteiger partial charge in [-0.3, -0.25) is 19.2 Å². The normalized spacial score (nSPS) is 11.0. The summed E-state index contributed by atoms with van der Waals surface area (Å²) < 4.78 is 5.37. The van der Waals surface area contributed by atoms with Gasteiger partial charge in [-0.1, -0.05) is 6.07 Å². The third kappa shape index (κ3) is 9.69. The first kappa shape index (κ1) is 27.6. The average Bonchev–Trinajstić information content (AvgIpc) is 2.84. The van der Waals surface area contributed by atoms with Gasteiger partial charge in [0.15, 0.2) is 5.96 Å². The van der Waals surface area contributed by atoms with Crippen LogP contribution in [0.2, 0.25) is 0 Å². The van der Waals surface area contributed by atoms with Crippen molar-refractivity contribution in [3.8, 4) is 5.75 Å². The molecule has 0 unspecified atom stereocenters. The van der Waals surface area contributed by atoms with Gasteiger partial charge in [-0.15, -0.1) is 0 Å². The maximum atomic E-state index is 12.7. The largest absolute Gasteiger partial charge is 0.492 e. The fraction of sp³-hybridized carbons (Fsp3) is 0.261. The van der Waals surface area contributed by atoms with E-state index in [-0.39, 0.29) is 24.4 Å². The topological polar surface area (TPSA) is 224 Å². The van der Waals surface area contributed by atoms with E-state index in [4.69, 9.17) is 27.0 Å². The number of guanidine groups is 1. The van der Waals surface area contributed by atoms with Gasteiger partial charge in [0.2, 0.25) is 11.8 Å². The molecule has 0 fully saturated rings. The lowest BCUT2D eigenvalue weighted by Gasteiger charge is -2.18. The predicted molar refractivity (Wildman–Crippen MR) is 133 cm³/mol. The summed E-state index contributed by atoms with van der Waals surface area (Å²) >= 11 is 0. The zero-order valence-corrected chi connectivity index (χ0v) is 19.4. The number of carboxylic acid groups (broad SMARTS) is 1. The zero-order chi connectivity index (χ0) is 26.5. The fourth-order valence-corrected chi connectivity index (χ4v) is 2.95. The maximum Gasteiger partial charge on any atom is 0.303 e. The van der Waals surface area contributed by atoms with Crippen LogP contribution in [-0.4, -0.2) is 60.5 Å². The quantitative estimate of drug-likeness (QED) is 0.141. The highest BCUT2D eigenvalue weighted by molar-refractivity contribution is 5.99. The van der Waals surface area contributed by atoms with Gasteiger partial charge in [-0.2, -0.15) is 0 Å². The van der Waals surface area contributed by atoms with Crippen molar-refractivity contribution in [2.75, 3.05) is 25.0 Å². The molecule has 0 spiro atoms. The second-order valence-corrected chi connectivity index (χ2v) is 7.47. The van der Waals surface area contributed by atoms with Crippen LogP contribution < -0.4 is 37.9 Å². The number of aliphatic imine (C=N–C) groups is 1. The molecule has 0 aliphatic heterocycles. The molecule has 2 rings (SSSR count). The Hall–Kier alpha value is -4.65. The number of ether oxygens (including phenoxy) is 1. The molecule has 0 aliphatic rings. The summed E-state index contributed by atoms with van der Waals surface area (Å²) in [6.45, 7) is 0.247. The average molecular weight is 500 g/mol. The van der Waals surface area contributed by atoms with Crippen molar-refractivity contribution in [1.29, 1.82) is 0 Å². The molecule has 36 heavy (non-hydrogen) atoms. The van der Waals surface area contributed by atoms with Gasteiger partial charge < -0.3 is 43.0 Å². The van der Waals surface area contributed by atoms with Crippen molar-refractivity contribution in [3.05, 3.63) is 54.1 Å². The van der Waals surface area contributed by atoms with Crippen LogP contribution in [0, 0.1) is 0 Å². The Morgan fingerprint density at radius 3 is 2.42 bits per heavy atom. The van der Waals surface area contributed by atoms with Crippen LogP contribution in [-0.2, 0) is 14.4 Å². The first-order valence-corrected chi connectivity index (χ1v) is 10.9. The van der Waals surface area contributed by atoms with E-state index in [2.05, 4.69) is 20.9 Å². The molecule has 0 heterocycles. The molecule has 0 bridgehead atoms. The molecule has 0 saturated carbocycles. The highest BCUT2D eigenvalue weighted by Crippen LogP contribution is 2.16. The summed E-state index contributed by atoms with van der Waals surface area (Å²) in [4.78, 5) is 52.4. The second-order valence-electron chi connectivity index (χ2n) is 7.47. The molecule has 10 N–H and O–H groups in total. The first-order chi connectivity index (χ1) is 17.2. The Balaban J connectivity index is 1.97. The summed E-state index contributed by atoms with van der Waals surface area (Å²) in [6, 6.07) is 11.4. The third-order valence-corrected chi connectivity index (χ3v) is 4.58. The minimum absolute atomic E-state index is 0.154. The summed E-state index contributed by atoms with van der Waals surface area (Å²) in [5.74, 6) is -2.60. The van der Waals surface area contributed by atoms with Crippen LogP contribution in [0.15, 0.2) is 53.5 Å². The Morgan fingerprint density at radius 2 is 1.78 bits per heavy atom. The molecular formula is C23H29N7O6. The molecule has 1 atom stereocenters. The Labute approximate surface area is 207 Å². The van der Waals surface area contributed by atoms with Crippen LogP contribution in [0.25, 0.3) is 0 Å². The Bertz CT molecular complexity index is 1100. The van der Waals surface area contributed by atoms with E-state index in [1.807, 2.05) is 0 Å². The van der Waals surface area contributed by atoms with Crippen LogP contribution in [0.5, 0.6) is 5.75 Å². The van der Waals surface area contributed by atoms with Gasteiger partial charge in [0.05, 0.1) is 12.2 Å². The highest BCUT2D eigenvalue weighted by atomic mass is 16.5. The van der Waals surface area contributed by atoms with E-state index >= 15 is 0 Å². The number of hydrogen-bond acceptors (Lipinski definition) is 7. The standard InChI is InChI=1S/C23H29N7O6/c24-10-11-36-17-6-4-15(5-7-17)28-22(35)18(8-9-20(32)33)30-19(31)13-27-21(34)14-2-1-3-16(12-14)29-23(25)26/h1-7,12,18H,8-11,13,24H2,(H,27,34)(H,28,35)(H,30,31)(H,32,33)(H4,25,26,29)/t18-/m0/s1. The Morgan fingerprint density at radius 1 is 1.06 bits per heavy atom. The second kappa shape index (κ2) is 13.9. The van der Waals surface area contributed by atoms with Crippen molar-refractivity contribution < 1.29 is 29.0 Å². The molecule has 2 aromatic carbocycles. The molecule has 0 saturated heterocycles. The molecule has 0 aromatic heterocycles. The van der Waals surface area contributed by atoms with Gasteiger partial charge >= 0.3 is 5.97 Å². The maximum absolute atomic E-state index is 12.7. The molecule has 13 nitrogen and oxygen atoms in total. The number of anilines is 1. The lowest BCUT2D eigenvalue weighted by Crippen LogP contribution is -2.47. The van der Waals surface area contributed by atoms with Gasteiger partial charge in [-0.05, 0) is 48.9 Å². The number of nitrogens with two attached hydrogens (primary N) is 3.